The third kappa shape index (κ3) is 2.52. The van der Waals surface area contributed by atoms with Gasteiger partial charge in [0.25, 0.3) is 0 Å². The molecule has 2 fully saturated rings. The predicted molar refractivity (Wildman–Crippen MR) is 60.2 cm³/mol. The number of sulfonamides is 1. The number of nitrogens with zero attached hydrogens (tertiary/aromatic N) is 1. The summed E-state index contributed by atoms with van der Waals surface area (Å²) in [6, 6.07) is 0.197. The zero-order valence-corrected chi connectivity index (χ0v) is 10.1. The number of hydrogen-bond acceptors (Lipinski definition) is 3. The van der Waals surface area contributed by atoms with Crippen LogP contribution in [0, 0.1) is 5.92 Å². The van der Waals surface area contributed by atoms with E-state index in [0.717, 1.165) is 25.9 Å². The van der Waals surface area contributed by atoms with Crippen LogP contribution in [-0.2, 0) is 10.0 Å². The van der Waals surface area contributed by atoms with Gasteiger partial charge in [0.2, 0.25) is 10.0 Å². The second-order valence-corrected chi connectivity index (χ2v) is 6.77. The van der Waals surface area contributed by atoms with Crippen LogP contribution in [0.4, 0.5) is 0 Å². The highest BCUT2D eigenvalue weighted by Crippen LogP contribution is 2.24. The fourth-order valence-electron chi connectivity index (χ4n) is 2.55. The van der Waals surface area contributed by atoms with Crippen molar-refractivity contribution in [1.29, 1.82) is 0 Å². The Hall–Kier alpha value is -0.130. The third-order valence-electron chi connectivity index (χ3n) is 3.27. The highest BCUT2D eigenvalue weighted by atomic mass is 32.2. The molecule has 4 nitrogen and oxygen atoms in total. The van der Waals surface area contributed by atoms with Crippen molar-refractivity contribution in [2.24, 2.45) is 5.92 Å². The van der Waals surface area contributed by atoms with E-state index < -0.39 is 10.0 Å². The van der Waals surface area contributed by atoms with Crippen molar-refractivity contribution in [3.8, 4) is 0 Å². The Labute approximate surface area is 92.1 Å². The molecule has 15 heavy (non-hydrogen) atoms. The van der Waals surface area contributed by atoms with Gasteiger partial charge in [-0.3, -0.25) is 0 Å². The summed E-state index contributed by atoms with van der Waals surface area (Å²) in [7, 11) is -2.96. The molecule has 0 aromatic heterocycles. The van der Waals surface area contributed by atoms with Crippen molar-refractivity contribution in [2.75, 3.05) is 25.4 Å². The average molecular weight is 232 g/mol. The van der Waals surface area contributed by atoms with E-state index in [-0.39, 0.29) is 6.04 Å². The maximum absolute atomic E-state index is 11.9. The van der Waals surface area contributed by atoms with E-state index in [9.17, 15) is 8.42 Å². The molecule has 0 aromatic carbocycles. The van der Waals surface area contributed by atoms with Gasteiger partial charge < -0.3 is 5.32 Å². The van der Waals surface area contributed by atoms with Crippen LogP contribution in [0.2, 0.25) is 0 Å². The fraction of sp³-hybridized carbons (Fsp3) is 1.00. The molecular formula is C10H20N2O2S. The molecule has 0 radical (unpaired) electrons. The third-order valence-corrected chi connectivity index (χ3v) is 5.42. The van der Waals surface area contributed by atoms with E-state index in [1.54, 1.807) is 4.31 Å². The highest BCUT2D eigenvalue weighted by molar-refractivity contribution is 7.89. The monoisotopic (exact) mass is 232 g/mol. The van der Waals surface area contributed by atoms with Gasteiger partial charge in [-0.05, 0) is 25.3 Å². The standard InChI is InChI=1S/C10H20N2O2S/c1-9-7-12(15(13,14)8-9)10-4-2-3-5-11-6-10/h9-11H,2-8H2,1H3. The lowest BCUT2D eigenvalue weighted by Crippen LogP contribution is -2.42. The summed E-state index contributed by atoms with van der Waals surface area (Å²) in [5.74, 6) is 0.627. The molecule has 2 unspecified atom stereocenters. The first-order valence-electron chi connectivity index (χ1n) is 5.80. The Bertz CT molecular complexity index is 307. The van der Waals surface area contributed by atoms with E-state index in [0.29, 0.717) is 18.2 Å². The summed E-state index contributed by atoms with van der Waals surface area (Å²) in [5.41, 5.74) is 0. The Morgan fingerprint density at radius 3 is 2.80 bits per heavy atom. The van der Waals surface area contributed by atoms with Crippen molar-refractivity contribution in [1.82, 2.24) is 9.62 Å². The van der Waals surface area contributed by atoms with Crippen LogP contribution in [-0.4, -0.2) is 44.2 Å². The van der Waals surface area contributed by atoms with Gasteiger partial charge in [0.15, 0.2) is 0 Å². The Balaban J connectivity index is 2.08. The average Bonchev–Trinajstić information content (AvgIpc) is 2.41. The van der Waals surface area contributed by atoms with Crippen molar-refractivity contribution < 1.29 is 8.42 Å². The van der Waals surface area contributed by atoms with E-state index in [2.05, 4.69) is 5.32 Å². The van der Waals surface area contributed by atoms with Crippen LogP contribution in [0.15, 0.2) is 0 Å². The van der Waals surface area contributed by atoms with Crippen LogP contribution in [0.5, 0.6) is 0 Å². The zero-order chi connectivity index (χ0) is 10.9. The van der Waals surface area contributed by atoms with Crippen LogP contribution in [0.3, 0.4) is 0 Å². The summed E-state index contributed by atoms with van der Waals surface area (Å²) in [5, 5.41) is 3.32. The van der Waals surface area contributed by atoms with Crippen LogP contribution < -0.4 is 5.32 Å². The smallest absolute Gasteiger partial charge is 0.214 e. The van der Waals surface area contributed by atoms with Gasteiger partial charge in [-0.25, -0.2) is 8.42 Å². The minimum absolute atomic E-state index is 0.197. The normalized spacial score (nSPS) is 37.7. The molecule has 2 saturated heterocycles. The molecule has 2 aliphatic heterocycles. The molecule has 2 atom stereocenters. The lowest BCUT2D eigenvalue weighted by Gasteiger charge is -2.25. The molecule has 0 saturated carbocycles. The minimum atomic E-state index is -2.96. The molecule has 2 aliphatic rings. The molecule has 0 bridgehead atoms. The molecule has 2 rings (SSSR count). The molecule has 2 heterocycles. The summed E-state index contributed by atoms with van der Waals surface area (Å²) in [6.07, 6.45) is 3.32. The Morgan fingerprint density at radius 2 is 2.13 bits per heavy atom. The quantitative estimate of drug-likeness (QED) is 0.712. The SMILES string of the molecule is CC1CN(C2CCCCNC2)S(=O)(=O)C1. The van der Waals surface area contributed by atoms with Crippen molar-refractivity contribution in [3.05, 3.63) is 0 Å². The number of hydrogen-bond donors (Lipinski definition) is 1. The first-order valence-corrected chi connectivity index (χ1v) is 7.41. The molecule has 0 amide bonds. The van der Waals surface area contributed by atoms with Gasteiger partial charge in [-0.2, -0.15) is 4.31 Å². The fourth-order valence-corrected chi connectivity index (χ4v) is 4.68. The van der Waals surface area contributed by atoms with Crippen molar-refractivity contribution in [2.45, 2.75) is 32.2 Å². The molecule has 5 heteroatoms. The summed E-state index contributed by atoms with van der Waals surface area (Å²) in [4.78, 5) is 0. The van der Waals surface area contributed by atoms with E-state index in [1.807, 2.05) is 6.92 Å². The lowest BCUT2D eigenvalue weighted by molar-refractivity contribution is 0.305. The summed E-state index contributed by atoms with van der Waals surface area (Å²) < 4.78 is 25.5. The van der Waals surface area contributed by atoms with Gasteiger partial charge >= 0.3 is 0 Å². The zero-order valence-electron chi connectivity index (χ0n) is 9.28. The van der Waals surface area contributed by atoms with Gasteiger partial charge in [0, 0.05) is 19.1 Å². The molecular weight excluding hydrogens is 212 g/mol. The maximum atomic E-state index is 11.9. The largest absolute Gasteiger partial charge is 0.315 e. The molecule has 0 spiro atoms. The van der Waals surface area contributed by atoms with Crippen molar-refractivity contribution in [3.63, 3.8) is 0 Å². The number of nitrogens with one attached hydrogen (secondary N) is 1. The van der Waals surface area contributed by atoms with E-state index in [1.165, 1.54) is 6.42 Å². The second-order valence-electron chi connectivity index (χ2n) is 4.81. The Kier molecular flexibility index (Phi) is 3.33. The molecule has 88 valence electrons. The van der Waals surface area contributed by atoms with Gasteiger partial charge in [0.1, 0.15) is 0 Å². The van der Waals surface area contributed by atoms with Gasteiger partial charge in [0.05, 0.1) is 5.75 Å². The second kappa shape index (κ2) is 4.39. The summed E-state index contributed by atoms with van der Waals surface area (Å²) >= 11 is 0. The predicted octanol–water partition coefficient (Wildman–Crippen LogP) is 0.410. The molecule has 0 aromatic rings. The highest BCUT2D eigenvalue weighted by Gasteiger charge is 2.38. The first kappa shape index (κ1) is 11.4. The Morgan fingerprint density at radius 1 is 1.33 bits per heavy atom. The number of rotatable bonds is 1. The van der Waals surface area contributed by atoms with E-state index >= 15 is 0 Å². The van der Waals surface area contributed by atoms with Crippen LogP contribution in [0.25, 0.3) is 0 Å². The lowest BCUT2D eigenvalue weighted by atomic mass is 10.1. The first-order chi connectivity index (χ1) is 7.09. The molecule has 0 aliphatic carbocycles. The van der Waals surface area contributed by atoms with Crippen molar-refractivity contribution >= 4 is 10.0 Å². The topological polar surface area (TPSA) is 49.4 Å². The maximum Gasteiger partial charge on any atom is 0.214 e. The molecule has 1 N–H and O–H groups in total. The minimum Gasteiger partial charge on any atom is -0.315 e. The summed E-state index contributed by atoms with van der Waals surface area (Å²) in [6.45, 7) is 4.59. The van der Waals surface area contributed by atoms with Crippen LogP contribution in [0.1, 0.15) is 26.2 Å². The van der Waals surface area contributed by atoms with Crippen LogP contribution >= 0.6 is 0 Å². The van der Waals surface area contributed by atoms with Gasteiger partial charge in [-0.15, -0.1) is 0 Å². The van der Waals surface area contributed by atoms with Gasteiger partial charge in [-0.1, -0.05) is 13.3 Å². The van der Waals surface area contributed by atoms with E-state index in [4.69, 9.17) is 0 Å².